The number of aliphatic hydroxyl groups is 1. The Hall–Kier alpha value is -3.65. The summed E-state index contributed by atoms with van der Waals surface area (Å²) in [6.07, 6.45) is -4.46. The van der Waals surface area contributed by atoms with Crippen molar-refractivity contribution < 1.29 is 23.0 Å². The Kier molecular flexibility index (Phi) is 4.97. The molecule has 0 aliphatic carbocycles. The maximum absolute atomic E-state index is 13.1. The highest BCUT2D eigenvalue weighted by Gasteiger charge is 2.32. The van der Waals surface area contributed by atoms with E-state index in [0.717, 1.165) is 16.7 Å². The molecule has 0 amide bonds. The largest absolute Gasteiger partial charge is 0.573 e. The normalized spacial score (nSPS) is 12.6. The van der Waals surface area contributed by atoms with E-state index in [-0.39, 0.29) is 24.5 Å². The molecule has 0 bridgehead atoms. The van der Waals surface area contributed by atoms with Crippen LogP contribution in [0.3, 0.4) is 0 Å². The van der Waals surface area contributed by atoms with Crippen LogP contribution in [0.2, 0.25) is 0 Å². The second-order valence-electron chi connectivity index (χ2n) is 7.95. The van der Waals surface area contributed by atoms with Gasteiger partial charge in [0.05, 0.1) is 23.4 Å². The lowest BCUT2D eigenvalue weighted by Crippen LogP contribution is -2.23. The number of ether oxygens (including phenoxy) is 1. The van der Waals surface area contributed by atoms with Gasteiger partial charge in [-0.1, -0.05) is 30.3 Å². The number of halogens is 3. The summed E-state index contributed by atoms with van der Waals surface area (Å²) in [4.78, 5) is 17.8. The van der Waals surface area contributed by atoms with Gasteiger partial charge in [0.1, 0.15) is 5.75 Å². The van der Waals surface area contributed by atoms with Gasteiger partial charge in [0.2, 0.25) is 0 Å². The zero-order valence-corrected chi connectivity index (χ0v) is 17.6. The summed E-state index contributed by atoms with van der Waals surface area (Å²) in [5.41, 5.74) is 5.17. The summed E-state index contributed by atoms with van der Waals surface area (Å²) < 4.78 is 44.3. The molecule has 1 aliphatic rings. The van der Waals surface area contributed by atoms with E-state index in [9.17, 15) is 23.1 Å². The van der Waals surface area contributed by atoms with E-state index >= 15 is 0 Å². The van der Waals surface area contributed by atoms with Crippen LogP contribution in [0.5, 0.6) is 5.75 Å². The van der Waals surface area contributed by atoms with Crippen LogP contribution in [-0.4, -0.2) is 27.6 Å². The van der Waals surface area contributed by atoms with Crippen molar-refractivity contribution in [3.05, 3.63) is 81.6 Å². The van der Waals surface area contributed by atoms with Crippen molar-refractivity contribution in [2.45, 2.75) is 26.3 Å². The van der Waals surface area contributed by atoms with E-state index in [1.807, 2.05) is 36.4 Å². The maximum Gasteiger partial charge on any atom is 0.573 e. The van der Waals surface area contributed by atoms with Crippen molar-refractivity contribution in [2.24, 2.45) is 0 Å². The minimum absolute atomic E-state index is 0.0843. The van der Waals surface area contributed by atoms with E-state index in [4.69, 9.17) is 4.98 Å². The maximum atomic E-state index is 13.1. The lowest BCUT2D eigenvalue weighted by Gasteiger charge is -2.14. The zero-order chi connectivity index (χ0) is 23.3. The van der Waals surface area contributed by atoms with Crippen molar-refractivity contribution in [3.63, 3.8) is 0 Å². The number of aromatic nitrogens is 2. The average molecular weight is 452 g/mol. The number of benzene rings is 2. The van der Waals surface area contributed by atoms with Gasteiger partial charge in [-0.25, -0.2) is 4.98 Å². The van der Waals surface area contributed by atoms with Gasteiger partial charge in [0, 0.05) is 23.1 Å². The van der Waals surface area contributed by atoms with Crippen LogP contribution >= 0.6 is 0 Å². The number of alkyl halides is 3. The molecule has 33 heavy (non-hydrogen) atoms. The number of nitrogens with zero attached hydrogens (tertiary/aromatic N) is 2. The quantitative estimate of drug-likeness (QED) is 0.424. The number of hydrogen-bond donors (Lipinski definition) is 1. The number of aliphatic hydroxyl groups excluding tert-OH is 1. The van der Waals surface area contributed by atoms with E-state index in [2.05, 4.69) is 4.74 Å². The fraction of sp³-hybridized carbons (Fsp3) is 0.200. The number of rotatable bonds is 4. The van der Waals surface area contributed by atoms with Gasteiger partial charge in [-0.3, -0.25) is 4.79 Å². The fourth-order valence-electron chi connectivity index (χ4n) is 4.47. The molecule has 8 heteroatoms. The third-order valence-electron chi connectivity index (χ3n) is 5.94. The van der Waals surface area contributed by atoms with E-state index in [0.29, 0.717) is 39.8 Å². The van der Waals surface area contributed by atoms with Crippen molar-refractivity contribution >= 4 is 10.9 Å². The molecule has 0 radical (unpaired) electrons. The highest BCUT2D eigenvalue weighted by Crippen LogP contribution is 2.42. The summed E-state index contributed by atoms with van der Waals surface area (Å²) in [5.74, 6) is -0.331. The summed E-state index contributed by atoms with van der Waals surface area (Å²) >= 11 is 0. The van der Waals surface area contributed by atoms with E-state index in [1.54, 1.807) is 11.5 Å². The summed E-state index contributed by atoms with van der Waals surface area (Å²) in [7, 11) is 0. The molecule has 5 nitrogen and oxygen atoms in total. The van der Waals surface area contributed by atoms with Crippen molar-refractivity contribution in [2.75, 3.05) is 6.61 Å². The molecule has 168 valence electrons. The number of hydrogen-bond acceptors (Lipinski definition) is 4. The number of fused-ring (bicyclic) bond motifs is 4. The smallest absolute Gasteiger partial charge is 0.406 e. The predicted octanol–water partition coefficient (Wildman–Crippen LogP) is 4.83. The van der Waals surface area contributed by atoms with E-state index in [1.165, 1.54) is 18.2 Å². The van der Waals surface area contributed by atoms with Gasteiger partial charge in [-0.2, -0.15) is 0 Å². The Balaban J connectivity index is 1.81. The summed E-state index contributed by atoms with van der Waals surface area (Å²) in [6.45, 7) is 1.90. The molecule has 5 rings (SSSR count). The summed E-state index contributed by atoms with van der Waals surface area (Å²) in [5, 5.41) is 9.91. The van der Waals surface area contributed by atoms with Gasteiger partial charge in [-0.05, 0) is 54.3 Å². The van der Waals surface area contributed by atoms with Crippen LogP contribution in [-0.2, 0) is 13.0 Å². The van der Waals surface area contributed by atoms with Crippen molar-refractivity contribution in [1.82, 2.24) is 9.55 Å². The minimum atomic E-state index is -4.81. The first kappa shape index (κ1) is 21.2. The molecule has 0 fully saturated rings. The Bertz CT molecular complexity index is 1440. The Morgan fingerprint density at radius 3 is 2.58 bits per heavy atom. The molecule has 1 N–H and O–H groups in total. The van der Waals surface area contributed by atoms with Crippen molar-refractivity contribution in [3.8, 4) is 28.3 Å². The van der Waals surface area contributed by atoms with Gasteiger partial charge in [0.15, 0.2) is 0 Å². The summed E-state index contributed by atoms with van der Waals surface area (Å²) in [6, 6.07) is 15.2. The van der Waals surface area contributed by atoms with E-state index < -0.39 is 6.36 Å². The highest BCUT2D eigenvalue weighted by molar-refractivity contribution is 6.00. The van der Waals surface area contributed by atoms with Crippen LogP contribution in [0.1, 0.15) is 16.7 Å². The Labute approximate surface area is 186 Å². The number of pyridine rings is 2. The first-order valence-corrected chi connectivity index (χ1v) is 10.4. The molecule has 0 saturated heterocycles. The molecule has 3 heterocycles. The lowest BCUT2D eigenvalue weighted by atomic mass is 9.94. The lowest BCUT2D eigenvalue weighted by molar-refractivity contribution is -0.274. The fourth-order valence-corrected chi connectivity index (χ4v) is 4.47. The standard InChI is InChI=1S/C25H19F3N2O3/c1-14-16(9-10-31)11-21-23-19(13-30(21)24(14)32)22(15-5-3-2-4-6-15)18-12-17(33-25(26,27)28)7-8-20(18)29-23/h2-8,11-12,31H,9-10,13H2,1H3. The molecule has 2 aromatic heterocycles. The van der Waals surface area contributed by atoms with Crippen LogP contribution < -0.4 is 10.3 Å². The molecule has 0 unspecified atom stereocenters. The second-order valence-corrected chi connectivity index (χ2v) is 7.95. The molecular weight excluding hydrogens is 433 g/mol. The van der Waals surface area contributed by atoms with Gasteiger partial charge in [0.25, 0.3) is 5.56 Å². The first-order valence-electron chi connectivity index (χ1n) is 10.4. The van der Waals surface area contributed by atoms with Gasteiger partial charge >= 0.3 is 6.36 Å². The molecular formula is C25H19F3N2O3. The van der Waals surface area contributed by atoms with Crippen LogP contribution in [0, 0.1) is 6.92 Å². The van der Waals surface area contributed by atoms with Gasteiger partial charge < -0.3 is 14.4 Å². The molecule has 4 aromatic rings. The Morgan fingerprint density at radius 1 is 1.12 bits per heavy atom. The van der Waals surface area contributed by atoms with Crippen LogP contribution in [0.4, 0.5) is 13.2 Å². The third kappa shape index (κ3) is 3.66. The second kappa shape index (κ2) is 7.74. The van der Waals surface area contributed by atoms with Crippen molar-refractivity contribution in [1.29, 1.82) is 0 Å². The Morgan fingerprint density at radius 2 is 1.88 bits per heavy atom. The van der Waals surface area contributed by atoms with Crippen LogP contribution in [0.15, 0.2) is 59.4 Å². The zero-order valence-electron chi connectivity index (χ0n) is 17.6. The van der Waals surface area contributed by atoms with Gasteiger partial charge in [-0.15, -0.1) is 13.2 Å². The monoisotopic (exact) mass is 452 g/mol. The average Bonchev–Trinajstić information content (AvgIpc) is 3.13. The topological polar surface area (TPSA) is 64.4 Å². The highest BCUT2D eigenvalue weighted by atomic mass is 19.4. The molecule has 2 aromatic carbocycles. The van der Waals surface area contributed by atoms with Crippen LogP contribution in [0.25, 0.3) is 33.4 Å². The molecule has 0 spiro atoms. The minimum Gasteiger partial charge on any atom is -0.406 e. The first-order chi connectivity index (χ1) is 15.8. The molecule has 0 atom stereocenters. The SMILES string of the molecule is Cc1c(CCO)cc2n(c1=O)Cc1c-2nc2ccc(OC(F)(F)F)cc2c1-c1ccccc1. The third-order valence-corrected chi connectivity index (χ3v) is 5.94. The predicted molar refractivity (Wildman–Crippen MR) is 118 cm³/mol. The molecule has 0 saturated carbocycles. The molecule has 1 aliphatic heterocycles.